The van der Waals surface area contributed by atoms with Crippen molar-refractivity contribution in [1.82, 2.24) is 9.88 Å². The number of aromatic nitrogens is 1. The lowest BCUT2D eigenvalue weighted by Crippen LogP contribution is -2.41. The zero-order valence-electron chi connectivity index (χ0n) is 16.6. The number of nitrogens with zero attached hydrogens (tertiary/aromatic N) is 2. The number of hydrogen-bond acceptors (Lipinski definition) is 5. The fraction of sp³-hybridized carbons (Fsp3) is 0.190. The first-order valence-corrected chi connectivity index (χ1v) is 11.2. The summed E-state index contributed by atoms with van der Waals surface area (Å²) in [4.78, 5) is 28.9. The molecule has 0 spiro atoms. The van der Waals surface area contributed by atoms with Gasteiger partial charge in [-0.1, -0.05) is 6.07 Å². The third-order valence-corrected chi connectivity index (χ3v) is 6.89. The normalized spacial score (nSPS) is 16.8. The van der Waals surface area contributed by atoms with Gasteiger partial charge in [-0.25, -0.2) is 22.0 Å². The van der Waals surface area contributed by atoms with Crippen LogP contribution >= 0.6 is 0 Å². The van der Waals surface area contributed by atoms with E-state index in [2.05, 4.69) is 10.3 Å². The molecular formula is C21H16F2N4O4S. The Balaban J connectivity index is 1.78. The topological polar surface area (TPSA) is 123 Å². The predicted molar refractivity (Wildman–Crippen MR) is 113 cm³/mol. The number of benzene rings is 2. The molecule has 0 radical (unpaired) electrons. The number of nitrogens with one attached hydrogen (secondary N) is 2. The Bertz CT molecular complexity index is 1480. The summed E-state index contributed by atoms with van der Waals surface area (Å²) in [5.41, 5.74) is -0.201. The summed E-state index contributed by atoms with van der Waals surface area (Å²) < 4.78 is 52.3. The lowest BCUT2D eigenvalue weighted by atomic mass is 9.97. The molecule has 2 aromatic carbocycles. The molecule has 1 aliphatic heterocycles. The molecule has 1 aliphatic rings. The molecule has 0 saturated heterocycles. The Kier molecular flexibility index (Phi) is 5.18. The third-order valence-electron chi connectivity index (χ3n) is 5.34. The second kappa shape index (κ2) is 7.72. The number of hydrogen-bond donors (Lipinski definition) is 2. The Morgan fingerprint density at radius 1 is 1.22 bits per heavy atom. The lowest BCUT2D eigenvalue weighted by Gasteiger charge is -2.33. The first-order valence-electron chi connectivity index (χ1n) is 9.38. The van der Waals surface area contributed by atoms with Crippen LogP contribution in [-0.2, 0) is 15.6 Å². The summed E-state index contributed by atoms with van der Waals surface area (Å²) in [6.45, 7) is 0. The molecule has 1 aromatic heterocycles. The maximum absolute atomic E-state index is 13.7. The number of urea groups is 1. The second-order valence-electron chi connectivity index (χ2n) is 7.45. The molecule has 0 bridgehead atoms. The summed E-state index contributed by atoms with van der Waals surface area (Å²) in [6, 6.07) is 7.02. The van der Waals surface area contributed by atoms with Gasteiger partial charge in [0, 0.05) is 24.0 Å². The van der Waals surface area contributed by atoms with E-state index in [1.165, 1.54) is 19.2 Å². The van der Waals surface area contributed by atoms with Crippen molar-refractivity contribution in [3.8, 4) is 6.07 Å². The first-order chi connectivity index (χ1) is 15.1. The molecule has 2 amide bonds. The molecular weight excluding hydrogens is 442 g/mol. The van der Waals surface area contributed by atoms with Crippen LogP contribution < -0.4 is 10.9 Å². The number of carbonyl (C=O) groups excluding carboxylic acids is 1. The zero-order chi connectivity index (χ0) is 23.2. The minimum atomic E-state index is -3.67. The van der Waals surface area contributed by atoms with Gasteiger partial charge in [-0.2, -0.15) is 5.26 Å². The van der Waals surface area contributed by atoms with Gasteiger partial charge in [0.05, 0.1) is 28.5 Å². The smallest absolute Gasteiger partial charge is 0.322 e. The van der Waals surface area contributed by atoms with Crippen LogP contribution in [0.4, 0.5) is 19.3 Å². The summed E-state index contributed by atoms with van der Waals surface area (Å²) in [7, 11) is -2.29. The summed E-state index contributed by atoms with van der Waals surface area (Å²) in [6.07, 6.45) is 0. The number of H-pyrrole nitrogens is 1. The van der Waals surface area contributed by atoms with E-state index in [1.807, 2.05) is 0 Å². The summed E-state index contributed by atoms with van der Waals surface area (Å²) >= 11 is 0. The van der Waals surface area contributed by atoms with Gasteiger partial charge < -0.3 is 15.2 Å². The largest absolute Gasteiger partial charge is 0.324 e. The zero-order valence-corrected chi connectivity index (χ0v) is 17.5. The number of nitriles is 1. The molecule has 11 heteroatoms. The van der Waals surface area contributed by atoms with E-state index in [0.717, 1.165) is 29.2 Å². The van der Waals surface area contributed by atoms with Crippen LogP contribution in [0.15, 0.2) is 41.2 Å². The van der Waals surface area contributed by atoms with Crippen LogP contribution in [0.25, 0.3) is 10.8 Å². The monoisotopic (exact) mass is 458 g/mol. The molecule has 1 atom stereocenters. The van der Waals surface area contributed by atoms with E-state index in [0.29, 0.717) is 10.9 Å². The van der Waals surface area contributed by atoms with Gasteiger partial charge in [-0.3, -0.25) is 4.79 Å². The Hall–Kier alpha value is -3.78. The van der Waals surface area contributed by atoms with Crippen molar-refractivity contribution in [3.63, 3.8) is 0 Å². The first kappa shape index (κ1) is 21.5. The number of fused-ring (bicyclic) bond motifs is 3. The maximum Gasteiger partial charge on any atom is 0.322 e. The quantitative estimate of drug-likeness (QED) is 0.611. The number of aromatic amines is 1. The summed E-state index contributed by atoms with van der Waals surface area (Å²) in [5, 5.41) is 11.9. The van der Waals surface area contributed by atoms with Crippen molar-refractivity contribution in [2.45, 2.75) is 11.8 Å². The molecule has 3 aromatic rings. The molecule has 0 saturated carbocycles. The van der Waals surface area contributed by atoms with Crippen LogP contribution in [0.3, 0.4) is 0 Å². The molecule has 32 heavy (non-hydrogen) atoms. The summed E-state index contributed by atoms with van der Waals surface area (Å²) in [5.74, 6) is -2.19. The lowest BCUT2D eigenvalue weighted by molar-refractivity contribution is 0.208. The highest BCUT2D eigenvalue weighted by Gasteiger charge is 2.36. The van der Waals surface area contributed by atoms with Gasteiger partial charge in [0.2, 0.25) is 0 Å². The van der Waals surface area contributed by atoms with Crippen molar-refractivity contribution in [3.05, 3.63) is 75.2 Å². The second-order valence-corrected chi connectivity index (χ2v) is 9.56. The predicted octanol–water partition coefficient (Wildman–Crippen LogP) is 2.81. The Labute approximate surface area is 181 Å². The molecule has 0 aliphatic carbocycles. The number of halogens is 2. The number of pyridine rings is 1. The number of rotatable bonds is 2. The van der Waals surface area contributed by atoms with Crippen molar-refractivity contribution in [2.24, 2.45) is 0 Å². The molecule has 0 fully saturated rings. The standard InChI is InChI=1S/C21H16F2N4O4S/c1-27(21(29)25-13-3-5-16(23)11(6-13)8-24)18-10-32(30,31)9-17-19(18)14-4-2-12(22)7-15(14)20(28)26-17/h2-7,18H,9-10H2,1H3,(H,25,29)(H,26,28)/t18-/m1/s1. The third kappa shape index (κ3) is 3.80. The number of carbonyl (C=O) groups is 1. The van der Waals surface area contributed by atoms with E-state index in [9.17, 15) is 26.8 Å². The molecule has 2 heterocycles. The average Bonchev–Trinajstić information content (AvgIpc) is 2.73. The molecule has 8 nitrogen and oxygen atoms in total. The minimum absolute atomic E-state index is 0.0408. The van der Waals surface area contributed by atoms with E-state index < -0.39 is 50.6 Å². The highest BCUT2D eigenvalue weighted by molar-refractivity contribution is 7.90. The van der Waals surface area contributed by atoms with Gasteiger partial charge >= 0.3 is 6.03 Å². The van der Waals surface area contributed by atoms with Crippen LogP contribution in [0.2, 0.25) is 0 Å². The Morgan fingerprint density at radius 2 is 1.97 bits per heavy atom. The van der Waals surface area contributed by atoms with Gasteiger partial charge in [-0.05, 0) is 35.7 Å². The average molecular weight is 458 g/mol. The van der Waals surface area contributed by atoms with Gasteiger partial charge in [-0.15, -0.1) is 0 Å². The van der Waals surface area contributed by atoms with Gasteiger partial charge in [0.25, 0.3) is 5.56 Å². The number of amides is 2. The molecule has 4 rings (SSSR count). The molecule has 2 N–H and O–H groups in total. The van der Waals surface area contributed by atoms with Crippen molar-refractivity contribution < 1.29 is 22.0 Å². The van der Waals surface area contributed by atoms with Crippen LogP contribution in [0.5, 0.6) is 0 Å². The molecule has 164 valence electrons. The van der Waals surface area contributed by atoms with Crippen LogP contribution in [0, 0.1) is 23.0 Å². The minimum Gasteiger partial charge on any atom is -0.324 e. The fourth-order valence-electron chi connectivity index (χ4n) is 3.82. The highest BCUT2D eigenvalue weighted by Crippen LogP contribution is 2.35. The maximum atomic E-state index is 13.7. The van der Waals surface area contributed by atoms with Gasteiger partial charge in [0.15, 0.2) is 9.84 Å². The number of anilines is 1. The van der Waals surface area contributed by atoms with E-state index >= 15 is 0 Å². The highest BCUT2D eigenvalue weighted by atomic mass is 32.2. The van der Waals surface area contributed by atoms with Crippen molar-refractivity contribution >= 4 is 32.3 Å². The van der Waals surface area contributed by atoms with E-state index in [-0.39, 0.29) is 22.3 Å². The van der Waals surface area contributed by atoms with Crippen LogP contribution in [-0.4, -0.2) is 37.1 Å². The molecule has 0 unspecified atom stereocenters. The van der Waals surface area contributed by atoms with Crippen LogP contribution in [0.1, 0.15) is 22.9 Å². The number of sulfone groups is 1. The van der Waals surface area contributed by atoms with Crippen molar-refractivity contribution in [2.75, 3.05) is 18.1 Å². The Morgan fingerprint density at radius 3 is 2.69 bits per heavy atom. The van der Waals surface area contributed by atoms with E-state index in [4.69, 9.17) is 5.26 Å². The SMILES string of the molecule is CN(C(=O)Nc1ccc(F)c(C#N)c1)[C@@H]1CS(=O)(=O)Cc2[nH]c(=O)c3cc(F)ccc3c21. The van der Waals surface area contributed by atoms with Gasteiger partial charge in [0.1, 0.15) is 17.7 Å². The van der Waals surface area contributed by atoms with E-state index in [1.54, 1.807) is 6.07 Å². The fourth-order valence-corrected chi connectivity index (χ4v) is 5.47. The van der Waals surface area contributed by atoms with Crippen molar-refractivity contribution in [1.29, 1.82) is 5.26 Å².